The Labute approximate surface area is 97.6 Å². The van der Waals surface area contributed by atoms with Gasteiger partial charge in [-0.3, -0.25) is 0 Å². The highest BCUT2D eigenvalue weighted by molar-refractivity contribution is 5.37. The number of hydrogen-bond acceptors (Lipinski definition) is 3. The number of nitrogens with two attached hydrogens (primary N) is 1. The predicted octanol–water partition coefficient (Wildman–Crippen LogP) is 2.43. The first-order valence-electron chi connectivity index (χ1n) is 5.63. The van der Waals surface area contributed by atoms with Crippen LogP contribution in [-0.4, -0.2) is 20.3 Å². The first-order chi connectivity index (χ1) is 7.65. The molecule has 0 aromatic heterocycles. The SMILES string of the molecule is COCCCOc1ccc([C@H](C)N)cc1C. The van der Waals surface area contributed by atoms with Crippen molar-refractivity contribution in [2.45, 2.75) is 26.3 Å². The average molecular weight is 223 g/mol. The van der Waals surface area contributed by atoms with Crippen LogP contribution >= 0.6 is 0 Å². The van der Waals surface area contributed by atoms with Gasteiger partial charge in [0.15, 0.2) is 0 Å². The summed E-state index contributed by atoms with van der Waals surface area (Å²) in [5, 5.41) is 0. The molecule has 1 atom stereocenters. The number of hydrogen-bond donors (Lipinski definition) is 1. The van der Waals surface area contributed by atoms with E-state index in [2.05, 4.69) is 6.07 Å². The van der Waals surface area contributed by atoms with Gasteiger partial charge in [0, 0.05) is 26.2 Å². The van der Waals surface area contributed by atoms with E-state index in [1.54, 1.807) is 7.11 Å². The van der Waals surface area contributed by atoms with Crippen LogP contribution in [0.25, 0.3) is 0 Å². The lowest BCUT2D eigenvalue weighted by molar-refractivity contribution is 0.172. The third-order valence-electron chi connectivity index (χ3n) is 2.48. The van der Waals surface area contributed by atoms with Crippen molar-refractivity contribution in [3.05, 3.63) is 29.3 Å². The molecule has 0 bridgehead atoms. The summed E-state index contributed by atoms with van der Waals surface area (Å²) < 4.78 is 10.6. The Bertz CT molecular complexity index is 324. The highest BCUT2D eigenvalue weighted by Crippen LogP contribution is 2.21. The molecule has 1 aromatic rings. The lowest BCUT2D eigenvalue weighted by atomic mass is 10.1. The molecule has 90 valence electrons. The fourth-order valence-electron chi connectivity index (χ4n) is 1.50. The van der Waals surface area contributed by atoms with Gasteiger partial charge in [0.05, 0.1) is 6.61 Å². The van der Waals surface area contributed by atoms with Gasteiger partial charge in [-0.05, 0) is 31.0 Å². The Morgan fingerprint density at radius 2 is 2.06 bits per heavy atom. The third kappa shape index (κ3) is 3.83. The minimum Gasteiger partial charge on any atom is -0.493 e. The number of rotatable bonds is 6. The van der Waals surface area contributed by atoms with E-state index in [1.807, 2.05) is 26.0 Å². The minimum atomic E-state index is 0.0706. The molecule has 0 radical (unpaired) electrons. The van der Waals surface area contributed by atoms with Gasteiger partial charge in [-0.1, -0.05) is 12.1 Å². The molecule has 1 rings (SSSR count). The van der Waals surface area contributed by atoms with Crippen LogP contribution in [0, 0.1) is 6.92 Å². The lowest BCUT2D eigenvalue weighted by Crippen LogP contribution is -2.06. The summed E-state index contributed by atoms with van der Waals surface area (Å²) in [5.41, 5.74) is 8.09. The molecule has 1 aromatic carbocycles. The van der Waals surface area contributed by atoms with Crippen LogP contribution in [0.5, 0.6) is 5.75 Å². The molecule has 3 heteroatoms. The topological polar surface area (TPSA) is 44.5 Å². The van der Waals surface area contributed by atoms with Gasteiger partial charge in [-0.25, -0.2) is 0 Å². The van der Waals surface area contributed by atoms with Gasteiger partial charge in [0.1, 0.15) is 5.75 Å². The molecule has 0 heterocycles. The van der Waals surface area contributed by atoms with Gasteiger partial charge >= 0.3 is 0 Å². The summed E-state index contributed by atoms with van der Waals surface area (Å²) in [5.74, 6) is 0.931. The molecule has 3 nitrogen and oxygen atoms in total. The molecule has 2 N–H and O–H groups in total. The summed E-state index contributed by atoms with van der Waals surface area (Å²) in [7, 11) is 1.70. The van der Waals surface area contributed by atoms with E-state index in [4.69, 9.17) is 15.2 Å². The molecule has 16 heavy (non-hydrogen) atoms. The van der Waals surface area contributed by atoms with E-state index in [0.29, 0.717) is 6.61 Å². The summed E-state index contributed by atoms with van der Waals surface area (Å²) in [6.45, 7) is 5.44. The quantitative estimate of drug-likeness (QED) is 0.753. The summed E-state index contributed by atoms with van der Waals surface area (Å²) in [4.78, 5) is 0. The Balaban J connectivity index is 2.54. The maximum atomic E-state index is 5.82. The van der Waals surface area contributed by atoms with Gasteiger partial charge in [-0.2, -0.15) is 0 Å². The van der Waals surface area contributed by atoms with Gasteiger partial charge in [0.25, 0.3) is 0 Å². The normalized spacial score (nSPS) is 12.5. The molecular formula is C13H21NO2. The van der Waals surface area contributed by atoms with Crippen molar-refractivity contribution in [3.63, 3.8) is 0 Å². The Hall–Kier alpha value is -1.06. The standard InChI is InChI=1S/C13H21NO2/c1-10-9-12(11(2)14)5-6-13(10)16-8-4-7-15-3/h5-6,9,11H,4,7-8,14H2,1-3H3/t11-/m0/s1. The smallest absolute Gasteiger partial charge is 0.122 e. The minimum absolute atomic E-state index is 0.0706. The zero-order chi connectivity index (χ0) is 12.0. The summed E-state index contributed by atoms with van der Waals surface area (Å²) in [6.07, 6.45) is 0.908. The van der Waals surface area contributed by atoms with E-state index < -0.39 is 0 Å². The predicted molar refractivity (Wildman–Crippen MR) is 65.8 cm³/mol. The molecule has 0 aliphatic rings. The molecule has 0 amide bonds. The zero-order valence-electron chi connectivity index (χ0n) is 10.3. The number of methoxy groups -OCH3 is 1. The Morgan fingerprint density at radius 3 is 2.62 bits per heavy atom. The first-order valence-corrected chi connectivity index (χ1v) is 5.63. The first kappa shape index (κ1) is 13.0. The van der Waals surface area contributed by atoms with E-state index >= 15 is 0 Å². The van der Waals surface area contributed by atoms with Gasteiger partial charge < -0.3 is 15.2 Å². The molecule has 0 spiro atoms. The maximum absolute atomic E-state index is 5.82. The molecule has 0 fully saturated rings. The number of ether oxygens (including phenoxy) is 2. The van der Waals surface area contributed by atoms with Crippen LogP contribution in [0.2, 0.25) is 0 Å². The summed E-state index contributed by atoms with van der Waals surface area (Å²) >= 11 is 0. The van der Waals surface area contributed by atoms with Crippen LogP contribution in [0.15, 0.2) is 18.2 Å². The van der Waals surface area contributed by atoms with Gasteiger partial charge in [-0.15, -0.1) is 0 Å². The largest absolute Gasteiger partial charge is 0.493 e. The average Bonchev–Trinajstić information content (AvgIpc) is 2.26. The van der Waals surface area contributed by atoms with E-state index in [0.717, 1.165) is 29.9 Å². The third-order valence-corrected chi connectivity index (χ3v) is 2.48. The van der Waals surface area contributed by atoms with Crippen molar-refractivity contribution in [1.29, 1.82) is 0 Å². The molecule has 0 saturated heterocycles. The van der Waals surface area contributed by atoms with Crippen LogP contribution in [0.3, 0.4) is 0 Å². The van der Waals surface area contributed by atoms with Crippen molar-refractivity contribution in [1.82, 2.24) is 0 Å². The molecular weight excluding hydrogens is 202 g/mol. The zero-order valence-corrected chi connectivity index (χ0v) is 10.3. The van der Waals surface area contributed by atoms with Crippen LogP contribution < -0.4 is 10.5 Å². The highest BCUT2D eigenvalue weighted by atomic mass is 16.5. The Kier molecular flexibility index (Phi) is 5.29. The molecule has 0 unspecified atom stereocenters. The van der Waals surface area contributed by atoms with Crippen molar-refractivity contribution < 1.29 is 9.47 Å². The fraction of sp³-hybridized carbons (Fsp3) is 0.538. The fourth-order valence-corrected chi connectivity index (χ4v) is 1.50. The molecule has 0 saturated carbocycles. The summed E-state index contributed by atoms with van der Waals surface area (Å²) in [6, 6.07) is 6.15. The second-order valence-corrected chi connectivity index (χ2v) is 4.01. The second kappa shape index (κ2) is 6.51. The van der Waals surface area contributed by atoms with Crippen molar-refractivity contribution in [3.8, 4) is 5.75 Å². The van der Waals surface area contributed by atoms with E-state index in [9.17, 15) is 0 Å². The van der Waals surface area contributed by atoms with E-state index in [-0.39, 0.29) is 6.04 Å². The second-order valence-electron chi connectivity index (χ2n) is 4.01. The molecule has 0 aliphatic heterocycles. The van der Waals surface area contributed by atoms with Crippen molar-refractivity contribution in [2.75, 3.05) is 20.3 Å². The van der Waals surface area contributed by atoms with Crippen molar-refractivity contribution >= 4 is 0 Å². The number of aryl methyl sites for hydroxylation is 1. The maximum Gasteiger partial charge on any atom is 0.122 e. The van der Waals surface area contributed by atoms with Crippen molar-refractivity contribution in [2.24, 2.45) is 5.73 Å². The highest BCUT2D eigenvalue weighted by Gasteiger charge is 2.04. The number of benzene rings is 1. The molecule has 0 aliphatic carbocycles. The van der Waals surface area contributed by atoms with Crippen LogP contribution in [0.4, 0.5) is 0 Å². The van der Waals surface area contributed by atoms with Crippen LogP contribution in [0.1, 0.15) is 30.5 Å². The van der Waals surface area contributed by atoms with Crippen LogP contribution in [-0.2, 0) is 4.74 Å². The van der Waals surface area contributed by atoms with Gasteiger partial charge in [0.2, 0.25) is 0 Å². The van der Waals surface area contributed by atoms with E-state index in [1.165, 1.54) is 0 Å². The Morgan fingerprint density at radius 1 is 1.31 bits per heavy atom. The monoisotopic (exact) mass is 223 g/mol. The lowest BCUT2D eigenvalue weighted by Gasteiger charge is -2.12.